The summed E-state index contributed by atoms with van der Waals surface area (Å²) in [6.45, 7) is 9.92. The highest BCUT2D eigenvalue weighted by atomic mass is 31.2. The molecule has 5 nitrogen and oxygen atoms in total. The van der Waals surface area contributed by atoms with Crippen LogP contribution in [0.4, 0.5) is 11.4 Å². The van der Waals surface area contributed by atoms with Gasteiger partial charge in [-0.15, -0.1) is 0 Å². The molecule has 26 heavy (non-hydrogen) atoms. The van der Waals surface area contributed by atoms with E-state index in [1.165, 1.54) is 11.1 Å². The number of hydrogen-bond donors (Lipinski definition) is 2. The average molecular weight is 370 g/mol. The second kappa shape index (κ2) is 8.81. The molecule has 0 saturated heterocycles. The molecule has 2 aromatic rings. The number of nitrogens with one attached hydrogen (secondary N) is 2. The maximum Gasteiger partial charge on any atom is 0.223 e. The fraction of sp³-hybridized carbons (Fsp3) is 0.300. The van der Waals surface area contributed by atoms with E-state index in [9.17, 15) is 4.57 Å². The molecule has 6 heteroatoms. The van der Waals surface area contributed by atoms with Gasteiger partial charge in [0, 0.05) is 22.9 Å². The lowest BCUT2D eigenvalue weighted by Crippen LogP contribution is -2.13. The Morgan fingerprint density at radius 2 is 1.65 bits per heavy atom. The number of anilines is 2. The van der Waals surface area contributed by atoms with Crippen LogP contribution in [0.15, 0.2) is 52.4 Å². The third-order valence-electron chi connectivity index (χ3n) is 3.73. The largest absolute Gasteiger partial charge is 0.366 e. The lowest BCUT2D eigenvalue weighted by molar-refractivity contribution is 0.588. The van der Waals surface area contributed by atoms with Crippen molar-refractivity contribution in [2.75, 3.05) is 30.6 Å². The normalized spacial score (nSPS) is 12.4. The van der Waals surface area contributed by atoms with Gasteiger partial charge < -0.3 is 15.2 Å². The topological polar surface area (TPSA) is 65.8 Å². The minimum atomic E-state index is -2.22. The Kier molecular flexibility index (Phi) is 6.76. The quantitative estimate of drug-likeness (QED) is 0.463. The molecule has 0 atom stereocenters. The predicted octanol–water partition coefficient (Wildman–Crippen LogP) is 4.48. The molecule has 2 N–H and O–H groups in total. The lowest BCUT2D eigenvalue weighted by atomic mass is 10.1. The molecule has 0 unspecified atom stereocenters. The van der Waals surface area contributed by atoms with Crippen molar-refractivity contribution >= 4 is 36.0 Å². The van der Waals surface area contributed by atoms with E-state index >= 15 is 0 Å². The van der Waals surface area contributed by atoms with Crippen LogP contribution >= 0.6 is 7.14 Å². The summed E-state index contributed by atoms with van der Waals surface area (Å²) in [5, 5.41) is 7.36. The first-order chi connectivity index (χ1) is 12.3. The zero-order valence-corrected chi connectivity index (χ0v) is 17.0. The molecule has 0 bridgehead atoms. The molecule has 138 valence electrons. The minimum absolute atomic E-state index is 0.389. The van der Waals surface area contributed by atoms with Gasteiger partial charge in [0.2, 0.25) is 5.96 Å². The van der Waals surface area contributed by atoms with E-state index in [2.05, 4.69) is 52.7 Å². The van der Waals surface area contributed by atoms with E-state index in [-0.39, 0.29) is 0 Å². The Bertz CT molecular complexity index is 830. The summed E-state index contributed by atoms with van der Waals surface area (Å²) in [5.74, 6) is 0.549. The van der Waals surface area contributed by atoms with Crippen molar-refractivity contribution in [3.05, 3.63) is 53.6 Å². The van der Waals surface area contributed by atoms with Crippen molar-refractivity contribution in [1.29, 1.82) is 0 Å². The van der Waals surface area contributed by atoms with Gasteiger partial charge in [0.25, 0.3) is 0 Å². The highest BCUT2D eigenvalue weighted by molar-refractivity contribution is 7.70. The van der Waals surface area contributed by atoms with Crippen LogP contribution in [0.25, 0.3) is 0 Å². The maximum absolute atomic E-state index is 12.1. The highest BCUT2D eigenvalue weighted by Gasteiger charge is 2.09. The van der Waals surface area contributed by atoms with E-state index in [0.717, 1.165) is 16.7 Å². The van der Waals surface area contributed by atoms with Gasteiger partial charge in [0.05, 0.1) is 0 Å². The van der Waals surface area contributed by atoms with Crippen molar-refractivity contribution in [3.63, 3.8) is 0 Å². The summed E-state index contributed by atoms with van der Waals surface area (Å²) in [6, 6.07) is 13.9. The molecule has 0 spiro atoms. The Labute approximate surface area is 156 Å². The maximum atomic E-state index is 12.1. The molecule has 0 amide bonds. The summed E-state index contributed by atoms with van der Waals surface area (Å²) in [5.41, 5.74) is 4.28. The van der Waals surface area contributed by atoms with Gasteiger partial charge in [-0.05, 0) is 81.6 Å². The Hall–Kier alpha value is -2.39. The number of nitrogens with zero attached hydrogens (tertiary/aromatic N) is 2. The molecule has 0 heterocycles. The lowest BCUT2D eigenvalue weighted by Gasteiger charge is -2.10. The van der Waals surface area contributed by atoms with Crippen LogP contribution in [0.2, 0.25) is 0 Å². The summed E-state index contributed by atoms with van der Waals surface area (Å²) in [4.78, 5) is 8.77. The van der Waals surface area contributed by atoms with Crippen molar-refractivity contribution in [3.8, 4) is 0 Å². The van der Waals surface area contributed by atoms with Crippen LogP contribution in [0, 0.1) is 13.8 Å². The van der Waals surface area contributed by atoms with Gasteiger partial charge >= 0.3 is 0 Å². The van der Waals surface area contributed by atoms with Crippen molar-refractivity contribution < 1.29 is 4.57 Å². The number of hydrogen-bond acceptors (Lipinski definition) is 3. The van der Waals surface area contributed by atoms with E-state index < -0.39 is 7.14 Å². The number of aliphatic imine (C=N–C) groups is 2. The van der Waals surface area contributed by atoms with Crippen LogP contribution in [0.1, 0.15) is 18.1 Å². The van der Waals surface area contributed by atoms with Gasteiger partial charge in [-0.25, -0.2) is 9.98 Å². The van der Waals surface area contributed by atoms with Crippen LogP contribution in [0.3, 0.4) is 0 Å². The molecular weight excluding hydrogens is 343 g/mol. The SMILES string of the molecule is C/C=N\C(=N/CNc1ccc(P(C)(C)=O)cc1)Nc1cc(C)cc(C)c1. The van der Waals surface area contributed by atoms with E-state index in [0.29, 0.717) is 12.6 Å². The molecule has 0 aromatic heterocycles. The third kappa shape index (κ3) is 6.16. The van der Waals surface area contributed by atoms with E-state index in [1.54, 1.807) is 19.5 Å². The first kappa shape index (κ1) is 19.9. The number of guanidine groups is 1. The van der Waals surface area contributed by atoms with Gasteiger partial charge in [0.1, 0.15) is 13.8 Å². The smallest absolute Gasteiger partial charge is 0.223 e. The first-order valence-electron chi connectivity index (χ1n) is 8.56. The molecule has 0 aliphatic carbocycles. The van der Waals surface area contributed by atoms with Crippen LogP contribution in [-0.2, 0) is 4.57 Å². The molecule has 0 radical (unpaired) electrons. The molecule has 0 aliphatic heterocycles. The van der Waals surface area contributed by atoms with Gasteiger partial charge in [-0.3, -0.25) is 0 Å². The summed E-state index contributed by atoms with van der Waals surface area (Å²) in [6.07, 6.45) is 1.71. The van der Waals surface area contributed by atoms with Gasteiger partial charge in [-0.1, -0.05) is 6.07 Å². The number of benzene rings is 2. The second-order valence-corrected chi connectivity index (χ2v) is 9.82. The molecule has 0 fully saturated rings. The Balaban J connectivity index is 2.04. The zero-order valence-electron chi connectivity index (χ0n) is 16.1. The Morgan fingerprint density at radius 1 is 1.04 bits per heavy atom. The standard InChI is InChI=1S/C20H27N4OP/c1-6-21-20(24-18-12-15(2)11-16(3)13-18)23-14-22-17-7-9-19(10-8-17)26(4,5)25/h6-13,22H,14H2,1-5H3,(H,23,24)/b21-6-. The number of aryl methyl sites for hydroxylation is 2. The first-order valence-corrected chi connectivity index (χ1v) is 11.2. The fourth-order valence-corrected chi connectivity index (χ4v) is 3.42. The molecule has 2 rings (SSSR count). The minimum Gasteiger partial charge on any atom is -0.366 e. The zero-order chi connectivity index (χ0) is 19.2. The molecule has 0 aliphatic rings. The van der Waals surface area contributed by atoms with Gasteiger partial charge in [-0.2, -0.15) is 0 Å². The van der Waals surface area contributed by atoms with E-state index in [4.69, 9.17) is 0 Å². The van der Waals surface area contributed by atoms with E-state index in [1.807, 2.05) is 31.2 Å². The Morgan fingerprint density at radius 3 is 2.19 bits per heavy atom. The fourth-order valence-electron chi connectivity index (χ4n) is 2.55. The van der Waals surface area contributed by atoms with Crippen molar-refractivity contribution in [1.82, 2.24) is 0 Å². The van der Waals surface area contributed by atoms with Crippen LogP contribution in [0.5, 0.6) is 0 Å². The summed E-state index contributed by atoms with van der Waals surface area (Å²) >= 11 is 0. The highest BCUT2D eigenvalue weighted by Crippen LogP contribution is 2.34. The average Bonchev–Trinajstić information content (AvgIpc) is 2.53. The van der Waals surface area contributed by atoms with Crippen LogP contribution in [-0.4, -0.2) is 32.2 Å². The van der Waals surface area contributed by atoms with Crippen molar-refractivity contribution in [2.45, 2.75) is 20.8 Å². The third-order valence-corrected chi connectivity index (χ3v) is 5.27. The summed E-state index contributed by atoms with van der Waals surface area (Å²) in [7, 11) is -2.22. The monoisotopic (exact) mass is 370 g/mol. The second-order valence-electron chi connectivity index (χ2n) is 6.60. The summed E-state index contributed by atoms with van der Waals surface area (Å²) < 4.78 is 12.1. The van der Waals surface area contributed by atoms with Gasteiger partial charge in [0.15, 0.2) is 0 Å². The van der Waals surface area contributed by atoms with Crippen molar-refractivity contribution in [2.24, 2.45) is 9.98 Å². The predicted molar refractivity (Wildman–Crippen MR) is 115 cm³/mol. The van der Waals surface area contributed by atoms with Crippen LogP contribution < -0.4 is 15.9 Å². The molecular formula is C20H27N4OP. The number of rotatable bonds is 5. The molecule has 2 aromatic carbocycles. The molecule has 0 saturated carbocycles.